The molecule has 3 heterocycles. The van der Waals surface area contributed by atoms with E-state index in [2.05, 4.69) is 17.1 Å². The largest absolute Gasteiger partial charge is 0.343 e. The second-order valence-electron chi connectivity index (χ2n) is 7.84. The quantitative estimate of drug-likeness (QED) is 0.733. The molecule has 0 aromatic rings. The third kappa shape index (κ3) is 7.08. The van der Waals surface area contributed by atoms with E-state index in [1.807, 2.05) is 9.80 Å². The van der Waals surface area contributed by atoms with Gasteiger partial charge in [-0.15, -0.1) is 24.8 Å². The molecule has 1 unspecified atom stereocenters. The van der Waals surface area contributed by atoms with Crippen molar-refractivity contribution in [1.82, 2.24) is 20.0 Å². The van der Waals surface area contributed by atoms with Gasteiger partial charge >= 0.3 is 0 Å². The Bertz CT molecular complexity index is 459. The molecule has 1 N–H and O–H groups in total. The maximum absolute atomic E-state index is 12.5. The minimum absolute atomic E-state index is 0. The number of likely N-dealkylation sites (tertiary alicyclic amines) is 1. The second kappa shape index (κ2) is 12.1. The van der Waals surface area contributed by atoms with Crippen LogP contribution in [0.15, 0.2) is 0 Å². The van der Waals surface area contributed by atoms with Crippen molar-refractivity contribution in [2.45, 2.75) is 51.5 Å². The highest BCUT2D eigenvalue weighted by atomic mass is 35.5. The van der Waals surface area contributed by atoms with Gasteiger partial charge in [0.1, 0.15) is 0 Å². The average molecular weight is 423 g/mol. The van der Waals surface area contributed by atoms with Crippen molar-refractivity contribution in [3.63, 3.8) is 0 Å². The number of amides is 2. The standard InChI is InChI=1S/C19H34N4O2.2ClH/c1-2-21-10-12-23(13-11-21)18(24)14-16-5-8-22(9-6-16)19(25)15-17-4-3-7-20-17;;/h16-17,20H,2-15H2,1H3;2*1H. The van der Waals surface area contributed by atoms with Gasteiger partial charge in [0.05, 0.1) is 0 Å². The van der Waals surface area contributed by atoms with E-state index >= 15 is 0 Å². The molecule has 1 atom stereocenters. The molecular weight excluding hydrogens is 387 g/mol. The first-order valence-electron chi connectivity index (χ1n) is 10.2. The number of hydrogen-bond acceptors (Lipinski definition) is 4. The number of nitrogens with zero attached hydrogens (tertiary/aromatic N) is 3. The molecule has 0 aromatic carbocycles. The smallest absolute Gasteiger partial charge is 0.224 e. The van der Waals surface area contributed by atoms with Gasteiger partial charge in [-0.2, -0.15) is 0 Å². The fourth-order valence-corrected chi connectivity index (χ4v) is 4.35. The van der Waals surface area contributed by atoms with Crippen LogP contribution in [0, 0.1) is 5.92 Å². The molecule has 158 valence electrons. The molecule has 3 aliphatic heterocycles. The maximum Gasteiger partial charge on any atom is 0.224 e. The summed E-state index contributed by atoms with van der Waals surface area (Å²) >= 11 is 0. The average Bonchev–Trinajstić information content (AvgIpc) is 3.15. The molecular formula is C19H36Cl2N4O2. The first-order valence-corrected chi connectivity index (χ1v) is 10.2. The van der Waals surface area contributed by atoms with Gasteiger partial charge in [0, 0.05) is 58.2 Å². The highest BCUT2D eigenvalue weighted by Gasteiger charge is 2.28. The molecule has 2 amide bonds. The van der Waals surface area contributed by atoms with Gasteiger partial charge in [0.25, 0.3) is 0 Å². The van der Waals surface area contributed by atoms with Crippen LogP contribution in [0.4, 0.5) is 0 Å². The van der Waals surface area contributed by atoms with Gasteiger partial charge in [-0.1, -0.05) is 6.92 Å². The Morgan fingerprint density at radius 3 is 2.00 bits per heavy atom. The summed E-state index contributed by atoms with van der Waals surface area (Å²) in [6.07, 6.45) is 5.58. The third-order valence-electron chi connectivity index (χ3n) is 6.19. The van der Waals surface area contributed by atoms with Gasteiger partial charge in [0.15, 0.2) is 0 Å². The van der Waals surface area contributed by atoms with E-state index in [4.69, 9.17) is 0 Å². The van der Waals surface area contributed by atoms with E-state index in [1.165, 1.54) is 6.42 Å². The molecule has 27 heavy (non-hydrogen) atoms. The van der Waals surface area contributed by atoms with E-state index in [1.54, 1.807) is 0 Å². The van der Waals surface area contributed by atoms with Crippen LogP contribution in [-0.2, 0) is 9.59 Å². The molecule has 3 rings (SSSR count). The highest BCUT2D eigenvalue weighted by molar-refractivity contribution is 5.85. The molecule has 6 nitrogen and oxygen atoms in total. The summed E-state index contributed by atoms with van der Waals surface area (Å²) in [5.41, 5.74) is 0. The number of nitrogens with one attached hydrogen (secondary N) is 1. The van der Waals surface area contributed by atoms with Crippen LogP contribution in [0.3, 0.4) is 0 Å². The number of piperidine rings is 1. The summed E-state index contributed by atoms with van der Waals surface area (Å²) < 4.78 is 0. The van der Waals surface area contributed by atoms with Crippen LogP contribution in [-0.4, -0.2) is 84.9 Å². The normalized spacial score (nSPS) is 24.3. The van der Waals surface area contributed by atoms with Crippen LogP contribution in [0.2, 0.25) is 0 Å². The van der Waals surface area contributed by atoms with E-state index < -0.39 is 0 Å². The lowest BCUT2D eigenvalue weighted by Crippen LogP contribution is -2.49. The topological polar surface area (TPSA) is 55.9 Å². The highest BCUT2D eigenvalue weighted by Crippen LogP contribution is 2.23. The predicted octanol–water partition coefficient (Wildman–Crippen LogP) is 1.76. The Morgan fingerprint density at radius 2 is 1.44 bits per heavy atom. The van der Waals surface area contributed by atoms with Crippen LogP contribution in [0.25, 0.3) is 0 Å². The summed E-state index contributed by atoms with van der Waals surface area (Å²) in [6.45, 7) is 9.71. The molecule has 0 aromatic heterocycles. The third-order valence-corrected chi connectivity index (χ3v) is 6.19. The zero-order valence-electron chi connectivity index (χ0n) is 16.5. The molecule has 0 radical (unpaired) electrons. The SMILES string of the molecule is CCN1CCN(C(=O)CC2CCN(C(=O)CC3CCCN3)CC2)CC1.Cl.Cl. The molecule has 3 saturated heterocycles. The molecule has 0 spiro atoms. The summed E-state index contributed by atoms with van der Waals surface area (Å²) in [5.74, 6) is 1.06. The predicted molar refractivity (Wildman–Crippen MR) is 113 cm³/mol. The number of likely N-dealkylation sites (N-methyl/N-ethyl adjacent to an activating group) is 1. The van der Waals surface area contributed by atoms with Crippen molar-refractivity contribution in [3.05, 3.63) is 0 Å². The van der Waals surface area contributed by atoms with Crippen molar-refractivity contribution in [1.29, 1.82) is 0 Å². The summed E-state index contributed by atoms with van der Waals surface area (Å²) in [5, 5.41) is 3.40. The minimum atomic E-state index is 0. The fraction of sp³-hybridized carbons (Fsp3) is 0.895. The van der Waals surface area contributed by atoms with Gasteiger partial charge in [-0.3, -0.25) is 9.59 Å². The van der Waals surface area contributed by atoms with Gasteiger partial charge in [-0.25, -0.2) is 0 Å². The Labute approximate surface area is 176 Å². The fourth-order valence-electron chi connectivity index (χ4n) is 4.35. The molecule has 0 saturated carbocycles. The minimum Gasteiger partial charge on any atom is -0.343 e. The van der Waals surface area contributed by atoms with Crippen LogP contribution >= 0.6 is 24.8 Å². The number of carbonyl (C=O) groups excluding carboxylic acids is 2. The van der Waals surface area contributed by atoms with Gasteiger partial charge in [-0.05, 0) is 44.7 Å². The monoisotopic (exact) mass is 422 g/mol. The number of halogens is 2. The van der Waals surface area contributed by atoms with E-state index in [0.29, 0.717) is 36.6 Å². The van der Waals surface area contributed by atoms with E-state index in [-0.39, 0.29) is 24.8 Å². The van der Waals surface area contributed by atoms with Crippen LogP contribution in [0.1, 0.15) is 45.4 Å². The maximum atomic E-state index is 12.5. The van der Waals surface area contributed by atoms with Crippen molar-refractivity contribution >= 4 is 36.6 Å². The Hall–Kier alpha value is -0.560. The van der Waals surface area contributed by atoms with Crippen molar-refractivity contribution in [2.24, 2.45) is 5.92 Å². The van der Waals surface area contributed by atoms with Crippen LogP contribution < -0.4 is 5.32 Å². The Balaban J connectivity index is 0.00000182. The molecule has 0 bridgehead atoms. The molecule has 8 heteroatoms. The zero-order valence-corrected chi connectivity index (χ0v) is 18.2. The Morgan fingerprint density at radius 1 is 0.852 bits per heavy atom. The van der Waals surface area contributed by atoms with Gasteiger partial charge in [0.2, 0.25) is 11.8 Å². The van der Waals surface area contributed by atoms with Gasteiger partial charge < -0.3 is 20.0 Å². The summed E-state index contributed by atoms with van der Waals surface area (Å²) in [6, 6.07) is 0.383. The van der Waals surface area contributed by atoms with E-state index in [9.17, 15) is 9.59 Å². The first-order chi connectivity index (χ1) is 12.2. The van der Waals surface area contributed by atoms with Crippen molar-refractivity contribution < 1.29 is 9.59 Å². The number of hydrogen-bond donors (Lipinski definition) is 1. The number of rotatable bonds is 5. The summed E-state index contributed by atoms with van der Waals surface area (Å²) in [4.78, 5) is 31.4. The first kappa shape index (κ1) is 24.5. The lowest BCUT2D eigenvalue weighted by molar-refractivity contribution is -0.135. The van der Waals surface area contributed by atoms with Crippen LogP contribution in [0.5, 0.6) is 0 Å². The molecule has 3 fully saturated rings. The Kier molecular flexibility index (Phi) is 11.0. The number of piperazine rings is 1. The molecule has 3 aliphatic rings. The lowest BCUT2D eigenvalue weighted by Gasteiger charge is -2.36. The second-order valence-corrected chi connectivity index (χ2v) is 7.84. The van der Waals surface area contributed by atoms with E-state index in [0.717, 1.165) is 71.6 Å². The van der Waals surface area contributed by atoms with Crippen molar-refractivity contribution in [3.8, 4) is 0 Å². The molecule has 0 aliphatic carbocycles. The lowest BCUT2D eigenvalue weighted by atomic mass is 9.92. The van der Waals surface area contributed by atoms with Crippen molar-refractivity contribution in [2.75, 3.05) is 52.4 Å². The zero-order chi connectivity index (χ0) is 17.6. The number of carbonyl (C=O) groups is 2. The summed E-state index contributed by atoms with van der Waals surface area (Å²) in [7, 11) is 0.